The molecule has 1 aliphatic rings. The lowest BCUT2D eigenvalue weighted by atomic mass is 9.88. The molecule has 12 heteroatoms. The summed E-state index contributed by atoms with van der Waals surface area (Å²) in [6.45, 7) is 2.10. The van der Waals surface area contributed by atoms with Crippen LogP contribution in [-0.2, 0) is 19.1 Å². The maximum Gasteiger partial charge on any atom is 0.248 e. The number of amides is 2. The van der Waals surface area contributed by atoms with E-state index in [9.17, 15) is 19.5 Å². The van der Waals surface area contributed by atoms with Gasteiger partial charge in [-0.2, -0.15) is 0 Å². The predicted octanol–water partition coefficient (Wildman–Crippen LogP) is 0.539. The lowest BCUT2D eigenvalue weighted by Crippen LogP contribution is -2.56. The number of hydrogen-bond donors (Lipinski definition) is 3. The number of carbonyl (C=O) groups excluding carboxylic acids is 3. The smallest absolute Gasteiger partial charge is 0.248 e. The Morgan fingerprint density at radius 3 is 2.67 bits per heavy atom. The highest BCUT2D eigenvalue weighted by atomic mass is 127. The van der Waals surface area contributed by atoms with Gasteiger partial charge < -0.3 is 39.4 Å². The van der Waals surface area contributed by atoms with Crippen molar-refractivity contribution < 1.29 is 43.5 Å². The number of rotatable bonds is 14. The SMILES string of the molecule is CCOCC(=O)N(CCOC)[C@@H]1CC(C(=O)NCCO)=C[C@H](Oc2c(I)cc(C=O)cc2OC)[C@H]1O. The van der Waals surface area contributed by atoms with E-state index in [2.05, 4.69) is 5.32 Å². The molecular formula is C24H33IN2O9. The average molecular weight is 620 g/mol. The highest BCUT2D eigenvalue weighted by Crippen LogP contribution is 2.36. The molecule has 36 heavy (non-hydrogen) atoms. The molecule has 0 saturated carbocycles. The Labute approximate surface area is 223 Å². The summed E-state index contributed by atoms with van der Waals surface area (Å²) in [7, 11) is 2.93. The molecule has 0 heterocycles. The molecule has 2 rings (SSSR count). The summed E-state index contributed by atoms with van der Waals surface area (Å²) in [5, 5.41) is 23.1. The minimum Gasteiger partial charge on any atom is -0.493 e. The number of carbonyl (C=O) groups is 3. The van der Waals surface area contributed by atoms with E-state index in [4.69, 9.17) is 24.1 Å². The van der Waals surface area contributed by atoms with E-state index in [0.29, 0.717) is 22.0 Å². The first kappa shape index (κ1) is 30.0. The van der Waals surface area contributed by atoms with Gasteiger partial charge in [0.2, 0.25) is 11.8 Å². The van der Waals surface area contributed by atoms with Gasteiger partial charge in [0.25, 0.3) is 0 Å². The van der Waals surface area contributed by atoms with Crippen LogP contribution in [0.5, 0.6) is 11.5 Å². The van der Waals surface area contributed by atoms with Gasteiger partial charge in [-0.05, 0) is 47.7 Å². The molecule has 1 aromatic carbocycles. The zero-order chi connectivity index (χ0) is 26.7. The molecule has 0 aliphatic heterocycles. The number of benzene rings is 1. The van der Waals surface area contributed by atoms with Crippen molar-refractivity contribution in [2.24, 2.45) is 0 Å². The number of ether oxygens (including phenoxy) is 4. The minimum absolute atomic E-state index is 0.0461. The summed E-state index contributed by atoms with van der Waals surface area (Å²) in [5.41, 5.74) is 0.673. The van der Waals surface area contributed by atoms with Gasteiger partial charge >= 0.3 is 0 Å². The number of aliphatic hydroxyl groups is 2. The Bertz CT molecular complexity index is 940. The van der Waals surface area contributed by atoms with Crippen LogP contribution in [0.4, 0.5) is 0 Å². The van der Waals surface area contributed by atoms with Crippen LogP contribution >= 0.6 is 22.6 Å². The van der Waals surface area contributed by atoms with Crippen LogP contribution in [0.15, 0.2) is 23.8 Å². The van der Waals surface area contributed by atoms with Gasteiger partial charge in [0.05, 0.1) is 29.9 Å². The normalized spacial score (nSPS) is 19.3. The second-order valence-electron chi connectivity index (χ2n) is 7.88. The zero-order valence-electron chi connectivity index (χ0n) is 20.6. The Balaban J connectivity index is 2.48. The molecule has 3 atom stereocenters. The van der Waals surface area contributed by atoms with Gasteiger partial charge in [0.1, 0.15) is 25.1 Å². The molecule has 200 valence electrons. The third-order valence-electron chi connectivity index (χ3n) is 5.54. The Kier molecular flexibility index (Phi) is 12.6. The van der Waals surface area contributed by atoms with Crippen LogP contribution in [0.2, 0.25) is 0 Å². The highest BCUT2D eigenvalue weighted by Gasteiger charge is 2.40. The van der Waals surface area contributed by atoms with Gasteiger partial charge in [-0.3, -0.25) is 14.4 Å². The topological polar surface area (TPSA) is 144 Å². The van der Waals surface area contributed by atoms with E-state index in [1.54, 1.807) is 13.0 Å². The quantitative estimate of drug-likeness (QED) is 0.201. The number of aliphatic hydroxyl groups excluding tert-OH is 2. The molecular weight excluding hydrogens is 587 g/mol. The molecule has 3 N–H and O–H groups in total. The van der Waals surface area contributed by atoms with Crippen molar-refractivity contribution in [2.45, 2.75) is 31.6 Å². The van der Waals surface area contributed by atoms with E-state index in [1.807, 2.05) is 22.6 Å². The number of hydrogen-bond acceptors (Lipinski definition) is 9. The molecule has 11 nitrogen and oxygen atoms in total. The van der Waals surface area contributed by atoms with Crippen molar-refractivity contribution in [1.82, 2.24) is 10.2 Å². The van der Waals surface area contributed by atoms with Gasteiger partial charge in [-0.1, -0.05) is 0 Å². The lowest BCUT2D eigenvalue weighted by Gasteiger charge is -2.40. The Morgan fingerprint density at radius 2 is 2.06 bits per heavy atom. The van der Waals surface area contributed by atoms with Crippen molar-refractivity contribution >= 4 is 40.7 Å². The highest BCUT2D eigenvalue weighted by molar-refractivity contribution is 14.1. The van der Waals surface area contributed by atoms with Crippen molar-refractivity contribution in [3.05, 3.63) is 32.9 Å². The molecule has 1 aliphatic carbocycles. The second-order valence-corrected chi connectivity index (χ2v) is 9.05. The first-order valence-corrected chi connectivity index (χ1v) is 12.5. The summed E-state index contributed by atoms with van der Waals surface area (Å²) < 4.78 is 22.5. The van der Waals surface area contributed by atoms with Gasteiger partial charge in [0.15, 0.2) is 11.5 Å². The summed E-state index contributed by atoms with van der Waals surface area (Å²) in [6, 6.07) is 2.29. The van der Waals surface area contributed by atoms with Crippen LogP contribution in [-0.4, -0.2) is 105 Å². The fourth-order valence-corrected chi connectivity index (χ4v) is 4.53. The molecule has 0 spiro atoms. The third kappa shape index (κ3) is 7.87. The standard InChI is InChI=1S/C24H33IN2O9/c1-4-35-14-21(30)27(6-8-33-2)18-11-16(24(32)26-5-7-28)12-19(22(18)31)36-23-17(25)9-15(13-29)10-20(23)34-3/h9-10,12-13,18-19,22,28,31H,4-8,11,14H2,1-3H3,(H,26,32)/t18-,19+,22+/m1/s1. The van der Waals surface area contributed by atoms with Crippen molar-refractivity contribution in [1.29, 1.82) is 0 Å². The fraction of sp³-hybridized carbons (Fsp3) is 0.542. The number of aldehydes is 1. The van der Waals surface area contributed by atoms with Gasteiger partial charge in [0, 0.05) is 44.4 Å². The third-order valence-corrected chi connectivity index (χ3v) is 6.34. The van der Waals surface area contributed by atoms with E-state index in [0.717, 1.165) is 0 Å². The molecule has 0 saturated heterocycles. The molecule has 0 bridgehead atoms. The maximum atomic E-state index is 13.0. The van der Waals surface area contributed by atoms with Crippen LogP contribution in [0.3, 0.4) is 0 Å². The first-order chi connectivity index (χ1) is 17.3. The number of methoxy groups -OCH3 is 2. The lowest BCUT2D eigenvalue weighted by molar-refractivity contribution is -0.144. The fourth-order valence-electron chi connectivity index (χ4n) is 3.78. The molecule has 0 radical (unpaired) electrons. The summed E-state index contributed by atoms with van der Waals surface area (Å²) in [5.74, 6) is -0.252. The first-order valence-electron chi connectivity index (χ1n) is 11.4. The maximum absolute atomic E-state index is 13.0. The molecule has 2 amide bonds. The summed E-state index contributed by atoms with van der Waals surface area (Å²) >= 11 is 1.99. The van der Waals surface area contributed by atoms with Crippen molar-refractivity contribution in [3.63, 3.8) is 0 Å². The molecule has 0 fully saturated rings. The van der Waals surface area contributed by atoms with Gasteiger partial charge in [-0.15, -0.1) is 0 Å². The van der Waals surface area contributed by atoms with E-state index < -0.39 is 24.2 Å². The largest absolute Gasteiger partial charge is 0.493 e. The summed E-state index contributed by atoms with van der Waals surface area (Å²) in [6.07, 6.45) is -0.0150. The van der Waals surface area contributed by atoms with E-state index in [1.165, 1.54) is 31.3 Å². The monoisotopic (exact) mass is 620 g/mol. The van der Waals surface area contributed by atoms with Crippen LogP contribution in [0, 0.1) is 3.57 Å². The van der Waals surface area contributed by atoms with E-state index in [-0.39, 0.29) is 62.3 Å². The number of halogens is 1. The molecule has 1 aromatic rings. The number of nitrogens with one attached hydrogen (secondary N) is 1. The second kappa shape index (κ2) is 15.1. The number of nitrogens with zero attached hydrogens (tertiary/aromatic N) is 1. The van der Waals surface area contributed by atoms with Crippen LogP contribution in [0.25, 0.3) is 0 Å². The zero-order valence-corrected chi connectivity index (χ0v) is 22.7. The van der Waals surface area contributed by atoms with Crippen LogP contribution < -0.4 is 14.8 Å². The Morgan fingerprint density at radius 1 is 1.31 bits per heavy atom. The molecule has 0 unspecified atom stereocenters. The van der Waals surface area contributed by atoms with Crippen molar-refractivity contribution in [3.8, 4) is 11.5 Å². The summed E-state index contributed by atoms with van der Waals surface area (Å²) in [4.78, 5) is 38.5. The minimum atomic E-state index is -1.21. The Hall–Kier alpha value is -2.26. The molecule has 0 aromatic heterocycles. The predicted molar refractivity (Wildman–Crippen MR) is 138 cm³/mol. The van der Waals surface area contributed by atoms with Crippen molar-refractivity contribution in [2.75, 3.05) is 53.7 Å². The van der Waals surface area contributed by atoms with Crippen LogP contribution in [0.1, 0.15) is 23.7 Å². The van der Waals surface area contributed by atoms with E-state index >= 15 is 0 Å². The average Bonchev–Trinajstić information content (AvgIpc) is 2.88. The van der Waals surface area contributed by atoms with Gasteiger partial charge in [-0.25, -0.2) is 0 Å².